The summed E-state index contributed by atoms with van der Waals surface area (Å²) in [5.74, 6) is -0.148. The quantitative estimate of drug-likeness (QED) is 0.854. The fourth-order valence-electron chi connectivity index (χ4n) is 2.51. The van der Waals surface area contributed by atoms with Gasteiger partial charge in [0.15, 0.2) is 0 Å². The fourth-order valence-corrected chi connectivity index (χ4v) is 2.71. The highest BCUT2D eigenvalue weighted by Gasteiger charge is 2.22. The second-order valence-electron chi connectivity index (χ2n) is 5.22. The zero-order valence-electron chi connectivity index (χ0n) is 12.3. The summed E-state index contributed by atoms with van der Waals surface area (Å²) < 4.78 is 0. The average Bonchev–Trinajstić information content (AvgIpc) is 2.76. The van der Waals surface area contributed by atoms with Crippen molar-refractivity contribution in [1.82, 2.24) is 9.80 Å². The summed E-state index contributed by atoms with van der Waals surface area (Å²) in [6.07, 6.45) is 0.894. The van der Waals surface area contributed by atoms with Gasteiger partial charge >= 0.3 is 0 Å². The molecule has 1 aliphatic rings. The molecule has 0 N–H and O–H groups in total. The molecule has 2 amide bonds. The lowest BCUT2D eigenvalue weighted by Gasteiger charge is -2.22. The lowest BCUT2D eigenvalue weighted by molar-refractivity contribution is -0.132. The van der Waals surface area contributed by atoms with Crippen molar-refractivity contribution in [3.05, 3.63) is 34.9 Å². The van der Waals surface area contributed by atoms with Crippen LogP contribution in [0.3, 0.4) is 0 Å². The van der Waals surface area contributed by atoms with E-state index < -0.39 is 0 Å². The molecule has 0 radical (unpaired) electrons. The average molecular weight is 320 g/mol. The summed E-state index contributed by atoms with van der Waals surface area (Å²) >= 11 is 6.08. The standard InChI is InChI=1S/C16H18ClN3O2/c17-14-5-2-1-4-13(14)12-16(22)20-9-3-8-19(10-11-20)15(21)6-7-18/h1-2,4-5H,3,6,8-12H2. The molecule has 6 heteroatoms. The van der Waals surface area contributed by atoms with E-state index in [4.69, 9.17) is 16.9 Å². The van der Waals surface area contributed by atoms with Crippen LogP contribution in [0.1, 0.15) is 18.4 Å². The van der Waals surface area contributed by atoms with E-state index in [2.05, 4.69) is 0 Å². The van der Waals surface area contributed by atoms with Crippen LogP contribution < -0.4 is 0 Å². The molecule has 5 nitrogen and oxygen atoms in total. The molecule has 116 valence electrons. The lowest BCUT2D eigenvalue weighted by atomic mass is 10.1. The molecule has 0 spiro atoms. The van der Waals surface area contributed by atoms with Crippen molar-refractivity contribution >= 4 is 23.4 Å². The molecule has 0 aromatic heterocycles. The van der Waals surface area contributed by atoms with Gasteiger partial charge in [-0.05, 0) is 18.1 Å². The third kappa shape index (κ3) is 4.22. The first kappa shape index (κ1) is 16.3. The van der Waals surface area contributed by atoms with Crippen molar-refractivity contribution in [3.8, 4) is 6.07 Å². The van der Waals surface area contributed by atoms with Gasteiger partial charge < -0.3 is 9.80 Å². The summed E-state index contributed by atoms with van der Waals surface area (Å²) in [5, 5.41) is 9.19. The van der Waals surface area contributed by atoms with Crippen molar-refractivity contribution in [1.29, 1.82) is 5.26 Å². The largest absolute Gasteiger partial charge is 0.341 e. The zero-order valence-corrected chi connectivity index (χ0v) is 13.1. The van der Waals surface area contributed by atoms with Crippen LogP contribution in [0, 0.1) is 11.3 Å². The van der Waals surface area contributed by atoms with Crippen LogP contribution in [0.2, 0.25) is 5.02 Å². The van der Waals surface area contributed by atoms with Gasteiger partial charge in [0.25, 0.3) is 0 Å². The maximum absolute atomic E-state index is 12.4. The Balaban J connectivity index is 1.93. The highest BCUT2D eigenvalue weighted by atomic mass is 35.5. The van der Waals surface area contributed by atoms with E-state index in [0.29, 0.717) is 31.2 Å². The molecule has 1 aliphatic heterocycles. The molecule has 0 unspecified atom stereocenters. The number of hydrogen-bond donors (Lipinski definition) is 0. The zero-order chi connectivity index (χ0) is 15.9. The third-order valence-electron chi connectivity index (χ3n) is 3.73. The van der Waals surface area contributed by atoms with Crippen LogP contribution >= 0.6 is 11.6 Å². The molecule has 1 aromatic rings. The highest BCUT2D eigenvalue weighted by molar-refractivity contribution is 6.31. The second-order valence-corrected chi connectivity index (χ2v) is 5.63. The van der Waals surface area contributed by atoms with Gasteiger partial charge in [-0.2, -0.15) is 5.26 Å². The minimum atomic E-state index is -0.164. The molecule has 1 heterocycles. The lowest BCUT2D eigenvalue weighted by Crippen LogP contribution is -2.37. The molecule has 0 atom stereocenters. The Morgan fingerprint density at radius 3 is 2.36 bits per heavy atom. The summed E-state index contributed by atoms with van der Waals surface area (Å²) in [7, 11) is 0. The topological polar surface area (TPSA) is 64.4 Å². The Bertz CT molecular complexity index is 597. The molecule has 1 aromatic carbocycles. The smallest absolute Gasteiger partial charge is 0.236 e. The van der Waals surface area contributed by atoms with Crippen LogP contribution in [0.25, 0.3) is 0 Å². The van der Waals surface area contributed by atoms with Gasteiger partial charge in [0.05, 0.1) is 12.5 Å². The van der Waals surface area contributed by atoms with Crippen molar-refractivity contribution in [3.63, 3.8) is 0 Å². The first-order valence-corrected chi connectivity index (χ1v) is 7.65. The highest BCUT2D eigenvalue weighted by Crippen LogP contribution is 2.17. The van der Waals surface area contributed by atoms with Crippen LogP contribution in [0.5, 0.6) is 0 Å². The first-order valence-electron chi connectivity index (χ1n) is 7.27. The molecule has 2 rings (SSSR count). The predicted octanol–water partition coefficient (Wildman–Crippen LogP) is 1.86. The number of carbonyl (C=O) groups excluding carboxylic acids is 2. The van der Waals surface area contributed by atoms with E-state index in [9.17, 15) is 9.59 Å². The van der Waals surface area contributed by atoms with Gasteiger partial charge in [-0.25, -0.2) is 0 Å². The fraction of sp³-hybridized carbons (Fsp3) is 0.438. The van der Waals surface area contributed by atoms with Crippen molar-refractivity contribution in [2.45, 2.75) is 19.3 Å². The Hall–Kier alpha value is -2.06. The number of hydrogen-bond acceptors (Lipinski definition) is 3. The van der Waals surface area contributed by atoms with Gasteiger partial charge in [-0.3, -0.25) is 9.59 Å². The van der Waals surface area contributed by atoms with Gasteiger partial charge in [-0.1, -0.05) is 29.8 Å². The van der Waals surface area contributed by atoms with E-state index >= 15 is 0 Å². The summed E-state index contributed by atoms with van der Waals surface area (Å²) in [5.41, 5.74) is 0.816. The van der Waals surface area contributed by atoms with E-state index in [0.717, 1.165) is 12.0 Å². The van der Waals surface area contributed by atoms with Crippen molar-refractivity contribution in [2.75, 3.05) is 26.2 Å². The van der Waals surface area contributed by atoms with Crippen LogP contribution in [0.15, 0.2) is 24.3 Å². The number of nitriles is 1. The van der Waals surface area contributed by atoms with Crippen molar-refractivity contribution < 1.29 is 9.59 Å². The number of amides is 2. The minimum absolute atomic E-state index is 0.0164. The Kier molecular flexibility index (Phi) is 5.79. The van der Waals surface area contributed by atoms with Crippen LogP contribution in [0.4, 0.5) is 0 Å². The normalized spacial score (nSPS) is 15.1. The minimum Gasteiger partial charge on any atom is -0.341 e. The van der Waals surface area contributed by atoms with Gasteiger partial charge in [0.2, 0.25) is 11.8 Å². The van der Waals surface area contributed by atoms with Gasteiger partial charge in [0.1, 0.15) is 6.42 Å². The number of benzene rings is 1. The first-order chi connectivity index (χ1) is 10.6. The molecule has 1 saturated heterocycles. The predicted molar refractivity (Wildman–Crippen MR) is 83.2 cm³/mol. The molecular weight excluding hydrogens is 302 g/mol. The number of rotatable bonds is 3. The monoisotopic (exact) mass is 319 g/mol. The molecule has 0 bridgehead atoms. The Labute approximate surface area is 135 Å². The van der Waals surface area contributed by atoms with E-state index in [-0.39, 0.29) is 24.7 Å². The molecule has 1 fully saturated rings. The molecule has 22 heavy (non-hydrogen) atoms. The van der Waals surface area contributed by atoms with Crippen LogP contribution in [-0.2, 0) is 16.0 Å². The maximum Gasteiger partial charge on any atom is 0.236 e. The van der Waals surface area contributed by atoms with Gasteiger partial charge in [0, 0.05) is 31.2 Å². The molecular formula is C16H18ClN3O2. The van der Waals surface area contributed by atoms with Gasteiger partial charge in [-0.15, -0.1) is 0 Å². The summed E-state index contributed by atoms with van der Waals surface area (Å²) in [6, 6.07) is 9.19. The summed E-state index contributed by atoms with van der Waals surface area (Å²) in [6.45, 7) is 2.20. The van der Waals surface area contributed by atoms with E-state index in [1.807, 2.05) is 24.3 Å². The summed E-state index contributed by atoms with van der Waals surface area (Å²) in [4.78, 5) is 27.6. The SMILES string of the molecule is N#CCC(=O)N1CCCN(C(=O)Cc2ccccc2Cl)CC1. The van der Waals surface area contributed by atoms with Crippen LogP contribution in [-0.4, -0.2) is 47.8 Å². The maximum atomic E-state index is 12.4. The molecule has 0 saturated carbocycles. The van der Waals surface area contributed by atoms with Crippen molar-refractivity contribution in [2.24, 2.45) is 0 Å². The van der Waals surface area contributed by atoms with E-state index in [1.54, 1.807) is 15.9 Å². The number of carbonyl (C=O) groups is 2. The second kappa shape index (κ2) is 7.81. The third-order valence-corrected chi connectivity index (χ3v) is 4.10. The van der Waals surface area contributed by atoms with E-state index in [1.165, 1.54) is 0 Å². The Morgan fingerprint density at radius 1 is 1.09 bits per heavy atom. The molecule has 0 aliphatic carbocycles. The Morgan fingerprint density at radius 2 is 1.73 bits per heavy atom. The number of halogens is 1. The number of nitrogens with zero attached hydrogens (tertiary/aromatic N) is 3.